The first-order valence-electron chi connectivity index (χ1n) is 7.50. The van der Waals surface area contributed by atoms with E-state index in [1.54, 1.807) is 12.5 Å². The normalized spacial score (nSPS) is 27.9. The first-order chi connectivity index (χ1) is 9.20. The van der Waals surface area contributed by atoms with E-state index in [2.05, 4.69) is 31.1 Å². The Bertz CT molecular complexity index is 353. The molecule has 0 amide bonds. The van der Waals surface area contributed by atoms with Crippen molar-refractivity contribution in [2.45, 2.75) is 63.0 Å². The van der Waals surface area contributed by atoms with Crippen LogP contribution in [0.5, 0.6) is 0 Å². The minimum absolute atomic E-state index is 0.589. The van der Waals surface area contributed by atoms with Crippen molar-refractivity contribution in [2.24, 2.45) is 11.8 Å². The van der Waals surface area contributed by atoms with Gasteiger partial charge in [-0.3, -0.25) is 0 Å². The molecule has 0 radical (unpaired) electrons. The molecule has 3 unspecified atom stereocenters. The van der Waals surface area contributed by atoms with Gasteiger partial charge in [0.25, 0.3) is 5.22 Å². The molecule has 1 aromatic heterocycles. The predicted octanol–water partition coefficient (Wildman–Crippen LogP) is 3.96. The van der Waals surface area contributed by atoms with Crippen LogP contribution in [-0.4, -0.2) is 22.8 Å². The van der Waals surface area contributed by atoms with Crippen LogP contribution >= 0.6 is 11.8 Å². The highest BCUT2D eigenvalue weighted by atomic mass is 32.2. The van der Waals surface area contributed by atoms with Gasteiger partial charge in [0.1, 0.15) is 6.26 Å². The van der Waals surface area contributed by atoms with E-state index in [1.807, 2.05) is 11.8 Å². The molecule has 0 saturated heterocycles. The molecule has 1 aromatic rings. The van der Waals surface area contributed by atoms with Crippen molar-refractivity contribution in [3.63, 3.8) is 0 Å². The monoisotopic (exact) mass is 282 g/mol. The highest BCUT2D eigenvalue weighted by Crippen LogP contribution is 2.38. The molecule has 1 aliphatic rings. The number of rotatable bonds is 6. The van der Waals surface area contributed by atoms with Gasteiger partial charge in [0.15, 0.2) is 0 Å². The van der Waals surface area contributed by atoms with E-state index in [4.69, 9.17) is 4.42 Å². The molecule has 108 valence electrons. The summed E-state index contributed by atoms with van der Waals surface area (Å²) in [5.74, 6) is 1.62. The SMILES string of the molecule is CCCNC1CCC(C(C)C)CC1Sc1ncco1. The molecule has 3 atom stereocenters. The van der Waals surface area contributed by atoms with Crippen LogP contribution in [0.3, 0.4) is 0 Å². The van der Waals surface area contributed by atoms with E-state index in [1.165, 1.54) is 25.7 Å². The zero-order chi connectivity index (χ0) is 13.7. The number of hydrogen-bond donors (Lipinski definition) is 1. The first kappa shape index (κ1) is 14.9. The Balaban J connectivity index is 1.97. The molecule has 1 saturated carbocycles. The van der Waals surface area contributed by atoms with Crippen LogP contribution in [0.25, 0.3) is 0 Å². The molecule has 4 heteroatoms. The lowest BCUT2D eigenvalue weighted by atomic mass is 9.79. The van der Waals surface area contributed by atoms with Crippen LogP contribution in [-0.2, 0) is 0 Å². The second-order valence-electron chi connectivity index (χ2n) is 5.83. The second kappa shape index (κ2) is 7.34. The maximum absolute atomic E-state index is 5.41. The number of thioether (sulfide) groups is 1. The number of hydrogen-bond acceptors (Lipinski definition) is 4. The molecule has 0 spiro atoms. The van der Waals surface area contributed by atoms with Crippen molar-refractivity contribution in [1.82, 2.24) is 10.3 Å². The number of oxazole rings is 1. The zero-order valence-electron chi connectivity index (χ0n) is 12.3. The average molecular weight is 282 g/mol. The van der Waals surface area contributed by atoms with Gasteiger partial charge in [-0.2, -0.15) is 0 Å². The van der Waals surface area contributed by atoms with E-state index >= 15 is 0 Å². The Morgan fingerprint density at radius 2 is 2.32 bits per heavy atom. The predicted molar refractivity (Wildman–Crippen MR) is 80.4 cm³/mol. The van der Waals surface area contributed by atoms with Crippen LogP contribution in [0.2, 0.25) is 0 Å². The molecular weight excluding hydrogens is 256 g/mol. The summed E-state index contributed by atoms with van der Waals surface area (Å²) in [6.45, 7) is 8.03. The zero-order valence-corrected chi connectivity index (χ0v) is 13.1. The summed E-state index contributed by atoms with van der Waals surface area (Å²) in [5, 5.41) is 5.11. The molecule has 3 nitrogen and oxygen atoms in total. The van der Waals surface area contributed by atoms with E-state index in [0.717, 1.165) is 23.6 Å². The standard InChI is InChI=1S/C15H26N2OS/c1-4-7-16-13-6-5-12(11(2)3)10-14(13)19-15-17-8-9-18-15/h8-9,11-14,16H,4-7,10H2,1-3H3. The fourth-order valence-electron chi connectivity index (χ4n) is 2.86. The van der Waals surface area contributed by atoms with Crippen LogP contribution < -0.4 is 5.32 Å². The highest BCUT2D eigenvalue weighted by Gasteiger charge is 2.32. The van der Waals surface area contributed by atoms with Gasteiger partial charge in [-0.1, -0.05) is 32.5 Å². The molecule has 19 heavy (non-hydrogen) atoms. The molecular formula is C15H26N2OS. The van der Waals surface area contributed by atoms with Gasteiger partial charge in [-0.15, -0.1) is 0 Å². The Morgan fingerprint density at radius 1 is 1.47 bits per heavy atom. The lowest BCUT2D eigenvalue weighted by molar-refractivity contribution is 0.245. The smallest absolute Gasteiger partial charge is 0.255 e. The molecule has 1 heterocycles. The number of aromatic nitrogens is 1. The fourth-order valence-corrected chi connectivity index (χ4v) is 4.09. The van der Waals surface area contributed by atoms with Crippen molar-refractivity contribution in [1.29, 1.82) is 0 Å². The van der Waals surface area contributed by atoms with Crippen LogP contribution in [0, 0.1) is 11.8 Å². The molecule has 1 aliphatic carbocycles. The van der Waals surface area contributed by atoms with E-state index < -0.39 is 0 Å². The summed E-state index contributed by atoms with van der Waals surface area (Å²) in [6.07, 6.45) is 8.49. The maximum Gasteiger partial charge on any atom is 0.255 e. The summed E-state index contributed by atoms with van der Waals surface area (Å²) in [4.78, 5) is 4.26. The number of nitrogens with zero attached hydrogens (tertiary/aromatic N) is 1. The summed E-state index contributed by atoms with van der Waals surface area (Å²) in [5.41, 5.74) is 0. The van der Waals surface area contributed by atoms with Gasteiger partial charge < -0.3 is 9.73 Å². The topological polar surface area (TPSA) is 38.1 Å². The van der Waals surface area contributed by atoms with Gasteiger partial charge in [0, 0.05) is 11.3 Å². The molecule has 0 aromatic carbocycles. The van der Waals surface area contributed by atoms with Gasteiger partial charge >= 0.3 is 0 Å². The highest BCUT2D eigenvalue weighted by molar-refractivity contribution is 7.99. The number of nitrogens with one attached hydrogen (secondary N) is 1. The van der Waals surface area contributed by atoms with E-state index in [-0.39, 0.29) is 0 Å². The molecule has 1 N–H and O–H groups in total. The largest absolute Gasteiger partial charge is 0.440 e. The van der Waals surface area contributed by atoms with Crippen molar-refractivity contribution in [3.8, 4) is 0 Å². The summed E-state index contributed by atoms with van der Waals surface area (Å²) in [6, 6.07) is 0.604. The third kappa shape index (κ3) is 4.25. The van der Waals surface area contributed by atoms with Crippen molar-refractivity contribution >= 4 is 11.8 Å². The minimum atomic E-state index is 0.589. The van der Waals surface area contributed by atoms with Gasteiger partial charge in [-0.05, 0) is 44.1 Å². The van der Waals surface area contributed by atoms with E-state index in [9.17, 15) is 0 Å². The summed E-state index contributed by atoms with van der Waals surface area (Å²) in [7, 11) is 0. The van der Waals surface area contributed by atoms with E-state index in [0.29, 0.717) is 11.3 Å². The first-order valence-corrected chi connectivity index (χ1v) is 8.38. The lowest BCUT2D eigenvalue weighted by Crippen LogP contribution is -2.43. The van der Waals surface area contributed by atoms with Crippen molar-refractivity contribution in [2.75, 3.05) is 6.54 Å². The summed E-state index contributed by atoms with van der Waals surface area (Å²) < 4.78 is 5.41. The van der Waals surface area contributed by atoms with Crippen LogP contribution in [0.4, 0.5) is 0 Å². The van der Waals surface area contributed by atoms with Gasteiger partial charge in [0.2, 0.25) is 0 Å². The second-order valence-corrected chi connectivity index (χ2v) is 7.02. The molecule has 0 bridgehead atoms. The third-order valence-electron chi connectivity index (χ3n) is 4.09. The average Bonchev–Trinajstić information content (AvgIpc) is 2.90. The Morgan fingerprint density at radius 3 is 2.95 bits per heavy atom. The summed E-state index contributed by atoms with van der Waals surface area (Å²) >= 11 is 1.81. The van der Waals surface area contributed by atoms with Gasteiger partial charge in [0.05, 0.1) is 6.20 Å². The minimum Gasteiger partial charge on any atom is -0.440 e. The Kier molecular flexibility index (Phi) is 5.76. The maximum atomic E-state index is 5.41. The molecule has 2 rings (SSSR count). The quantitative estimate of drug-likeness (QED) is 0.857. The lowest BCUT2D eigenvalue weighted by Gasteiger charge is -2.37. The Labute approximate surface area is 120 Å². The molecule has 0 aliphatic heterocycles. The third-order valence-corrected chi connectivity index (χ3v) is 5.32. The van der Waals surface area contributed by atoms with Crippen LogP contribution in [0.1, 0.15) is 46.5 Å². The van der Waals surface area contributed by atoms with Gasteiger partial charge in [-0.25, -0.2) is 4.98 Å². The molecule has 1 fully saturated rings. The van der Waals surface area contributed by atoms with Crippen molar-refractivity contribution < 1.29 is 4.42 Å². The fraction of sp³-hybridized carbons (Fsp3) is 0.800. The Hall–Kier alpha value is -0.480. The van der Waals surface area contributed by atoms with Crippen molar-refractivity contribution in [3.05, 3.63) is 12.5 Å². The van der Waals surface area contributed by atoms with Crippen LogP contribution in [0.15, 0.2) is 22.1 Å².